The number of carbonyl (C=O) groups is 2. The Morgan fingerprint density at radius 2 is 1.30 bits per heavy atom. The first-order valence-corrected chi connectivity index (χ1v) is 5.56. The second-order valence-electron chi connectivity index (χ2n) is 3.59. The molecule has 106 valence electrons. The molecule has 0 aliphatic carbocycles. The topological polar surface area (TPSA) is 52.6 Å². The molecule has 1 aromatic rings. The van der Waals surface area contributed by atoms with Crippen LogP contribution < -0.4 is 0 Å². The van der Waals surface area contributed by atoms with E-state index in [9.17, 15) is 18.4 Å². The zero-order valence-corrected chi connectivity index (χ0v) is 10.5. The summed E-state index contributed by atoms with van der Waals surface area (Å²) in [5.74, 6) is -4.49. The van der Waals surface area contributed by atoms with Crippen molar-refractivity contribution in [3.05, 3.63) is 60.2 Å². The van der Waals surface area contributed by atoms with Crippen LogP contribution in [0.3, 0.4) is 0 Å². The van der Waals surface area contributed by atoms with E-state index in [2.05, 4.69) is 13.2 Å². The fraction of sp³-hybridized carbons (Fsp3) is 0.143. The zero-order chi connectivity index (χ0) is 15.1. The summed E-state index contributed by atoms with van der Waals surface area (Å²) in [7, 11) is 0. The van der Waals surface area contributed by atoms with Crippen molar-refractivity contribution in [2.75, 3.05) is 13.2 Å². The van der Waals surface area contributed by atoms with Crippen LogP contribution in [0.4, 0.5) is 8.78 Å². The van der Waals surface area contributed by atoms with Crippen LogP contribution in [0.2, 0.25) is 0 Å². The molecule has 20 heavy (non-hydrogen) atoms. The zero-order valence-electron chi connectivity index (χ0n) is 10.5. The lowest BCUT2D eigenvalue weighted by atomic mass is 10.1. The van der Waals surface area contributed by atoms with Crippen LogP contribution >= 0.6 is 0 Å². The Morgan fingerprint density at radius 1 is 0.950 bits per heavy atom. The number of hydrogen-bond acceptors (Lipinski definition) is 4. The van der Waals surface area contributed by atoms with Gasteiger partial charge in [-0.3, -0.25) is 0 Å². The van der Waals surface area contributed by atoms with Gasteiger partial charge >= 0.3 is 11.9 Å². The summed E-state index contributed by atoms with van der Waals surface area (Å²) < 4.78 is 35.8. The molecule has 0 bridgehead atoms. The lowest BCUT2D eigenvalue weighted by Gasteiger charge is -2.09. The number of carbonyl (C=O) groups excluding carboxylic acids is 2. The number of benzene rings is 1. The molecule has 1 rings (SSSR count). The second kappa shape index (κ2) is 7.18. The highest BCUT2D eigenvalue weighted by Crippen LogP contribution is 2.17. The van der Waals surface area contributed by atoms with Gasteiger partial charge in [-0.25, -0.2) is 18.4 Å². The highest BCUT2D eigenvalue weighted by atomic mass is 19.2. The van der Waals surface area contributed by atoms with Gasteiger partial charge in [-0.15, -0.1) is 0 Å². The highest BCUT2D eigenvalue weighted by Gasteiger charge is 2.22. The van der Waals surface area contributed by atoms with Gasteiger partial charge < -0.3 is 9.47 Å². The summed E-state index contributed by atoms with van der Waals surface area (Å²) in [6, 6.07) is 1.18. The van der Waals surface area contributed by atoms with Crippen LogP contribution in [0.25, 0.3) is 0 Å². The summed E-state index contributed by atoms with van der Waals surface area (Å²) in [5.41, 5.74) is -0.834. The van der Waals surface area contributed by atoms with E-state index in [4.69, 9.17) is 9.47 Å². The molecule has 0 fully saturated rings. The molecular weight excluding hydrogens is 270 g/mol. The Bertz CT molecular complexity index is 503. The highest BCUT2D eigenvalue weighted by molar-refractivity contribution is 6.03. The van der Waals surface area contributed by atoms with Crippen LogP contribution in [0.5, 0.6) is 0 Å². The van der Waals surface area contributed by atoms with Gasteiger partial charge in [0.15, 0.2) is 11.6 Å². The fourth-order valence-electron chi connectivity index (χ4n) is 1.31. The molecule has 4 nitrogen and oxygen atoms in total. The van der Waals surface area contributed by atoms with Crippen LogP contribution in [-0.4, -0.2) is 25.2 Å². The number of esters is 2. The summed E-state index contributed by atoms with van der Waals surface area (Å²) in [4.78, 5) is 23.4. The van der Waals surface area contributed by atoms with Crippen molar-refractivity contribution in [3.8, 4) is 0 Å². The Labute approximate surface area is 114 Å². The molecule has 0 spiro atoms. The molecule has 0 saturated heterocycles. The molecule has 0 unspecified atom stereocenters. The summed E-state index contributed by atoms with van der Waals surface area (Å²) in [5, 5.41) is 0. The van der Waals surface area contributed by atoms with E-state index in [0.717, 1.165) is 0 Å². The van der Waals surface area contributed by atoms with Gasteiger partial charge in [-0.2, -0.15) is 0 Å². The average molecular weight is 282 g/mol. The summed E-state index contributed by atoms with van der Waals surface area (Å²) >= 11 is 0. The Morgan fingerprint density at radius 3 is 1.60 bits per heavy atom. The lowest BCUT2D eigenvalue weighted by Crippen LogP contribution is -2.15. The molecule has 0 aliphatic rings. The van der Waals surface area contributed by atoms with Crippen LogP contribution in [0, 0.1) is 11.6 Å². The van der Waals surface area contributed by atoms with E-state index in [0.29, 0.717) is 12.1 Å². The van der Waals surface area contributed by atoms with Crippen molar-refractivity contribution < 1.29 is 27.8 Å². The molecule has 0 radical (unpaired) electrons. The average Bonchev–Trinajstić information content (AvgIpc) is 2.44. The van der Waals surface area contributed by atoms with Crippen molar-refractivity contribution >= 4 is 11.9 Å². The van der Waals surface area contributed by atoms with E-state index in [1.54, 1.807) is 0 Å². The quantitative estimate of drug-likeness (QED) is 0.594. The largest absolute Gasteiger partial charge is 0.458 e. The maximum atomic E-state index is 13.2. The SMILES string of the molecule is C=CCOC(=O)c1cc(F)c(F)cc1C(=O)OCC=C. The van der Waals surface area contributed by atoms with Gasteiger partial charge in [0, 0.05) is 0 Å². The van der Waals surface area contributed by atoms with Gasteiger partial charge in [0.1, 0.15) is 13.2 Å². The molecule has 6 heteroatoms. The molecular formula is C14H12F2O4. The molecule has 0 N–H and O–H groups in total. The minimum Gasteiger partial charge on any atom is -0.458 e. The summed E-state index contributed by atoms with van der Waals surface area (Å²) in [6.45, 7) is 6.43. The lowest BCUT2D eigenvalue weighted by molar-refractivity contribution is 0.0502. The Hall–Kier alpha value is -2.50. The molecule has 0 atom stereocenters. The molecule has 0 saturated carbocycles. The standard InChI is InChI=1S/C14H12F2O4/c1-3-5-19-13(17)9-7-11(15)12(16)8-10(9)14(18)20-6-4-2/h3-4,7-8H,1-2,5-6H2. The third-order valence-corrected chi connectivity index (χ3v) is 2.16. The monoisotopic (exact) mass is 282 g/mol. The Balaban J connectivity index is 3.16. The van der Waals surface area contributed by atoms with Crippen LogP contribution in [-0.2, 0) is 9.47 Å². The minimum atomic E-state index is -1.27. The van der Waals surface area contributed by atoms with Gasteiger partial charge in [0.05, 0.1) is 11.1 Å². The van der Waals surface area contributed by atoms with E-state index < -0.39 is 34.7 Å². The smallest absolute Gasteiger partial charge is 0.339 e. The normalized spacial score (nSPS) is 9.70. The predicted molar refractivity (Wildman–Crippen MR) is 67.3 cm³/mol. The third-order valence-electron chi connectivity index (χ3n) is 2.16. The number of ether oxygens (including phenoxy) is 2. The maximum absolute atomic E-state index is 13.2. The van der Waals surface area contributed by atoms with Crippen LogP contribution in [0.1, 0.15) is 20.7 Å². The number of rotatable bonds is 6. The van der Waals surface area contributed by atoms with Crippen molar-refractivity contribution in [3.63, 3.8) is 0 Å². The molecule has 0 amide bonds. The number of hydrogen-bond donors (Lipinski definition) is 0. The van der Waals surface area contributed by atoms with E-state index in [-0.39, 0.29) is 13.2 Å². The van der Waals surface area contributed by atoms with Gasteiger partial charge in [-0.1, -0.05) is 25.3 Å². The summed E-state index contributed by atoms with van der Waals surface area (Å²) in [6.07, 6.45) is 2.60. The van der Waals surface area contributed by atoms with Gasteiger partial charge in [0.25, 0.3) is 0 Å². The van der Waals surface area contributed by atoms with E-state index >= 15 is 0 Å². The van der Waals surface area contributed by atoms with Gasteiger partial charge in [-0.05, 0) is 12.1 Å². The van der Waals surface area contributed by atoms with Crippen LogP contribution in [0.15, 0.2) is 37.4 Å². The predicted octanol–water partition coefficient (Wildman–Crippen LogP) is 2.65. The van der Waals surface area contributed by atoms with Crippen molar-refractivity contribution in [2.24, 2.45) is 0 Å². The van der Waals surface area contributed by atoms with Gasteiger partial charge in [0.2, 0.25) is 0 Å². The van der Waals surface area contributed by atoms with E-state index in [1.807, 2.05) is 0 Å². The molecule has 1 aromatic carbocycles. The second-order valence-corrected chi connectivity index (χ2v) is 3.59. The maximum Gasteiger partial charge on any atom is 0.339 e. The number of halogens is 2. The molecule has 0 heterocycles. The molecule has 0 aliphatic heterocycles. The minimum absolute atomic E-state index is 0.126. The first-order valence-electron chi connectivity index (χ1n) is 5.56. The van der Waals surface area contributed by atoms with Crippen molar-refractivity contribution in [1.29, 1.82) is 0 Å². The van der Waals surface area contributed by atoms with E-state index in [1.165, 1.54) is 12.2 Å². The third kappa shape index (κ3) is 3.74. The first-order chi connectivity index (χ1) is 9.51. The van der Waals surface area contributed by atoms with Crippen molar-refractivity contribution in [1.82, 2.24) is 0 Å². The Kier molecular flexibility index (Phi) is 5.58. The fourth-order valence-corrected chi connectivity index (χ4v) is 1.31. The first kappa shape index (κ1) is 15.6. The van der Waals surface area contributed by atoms with Crippen molar-refractivity contribution in [2.45, 2.75) is 0 Å². The molecule has 0 aromatic heterocycles.